The highest BCUT2D eigenvalue weighted by Gasteiger charge is 2.11. The van der Waals surface area contributed by atoms with Crippen LogP contribution in [0.15, 0.2) is 42.1 Å². The fraction of sp³-hybridized carbons (Fsp3) is 0.250. The summed E-state index contributed by atoms with van der Waals surface area (Å²) in [6.07, 6.45) is -0.0789. The van der Waals surface area contributed by atoms with Crippen LogP contribution in [0.3, 0.4) is 0 Å². The normalized spacial score (nSPS) is 11.9. The molecule has 0 heterocycles. The van der Waals surface area contributed by atoms with Crippen molar-refractivity contribution in [3.8, 4) is 0 Å². The summed E-state index contributed by atoms with van der Waals surface area (Å²) < 4.78 is 5.35. The predicted octanol–water partition coefficient (Wildman–Crippen LogP) is 3.76. The Morgan fingerprint density at radius 2 is 2.00 bits per heavy atom. The van der Waals surface area contributed by atoms with E-state index in [1.54, 1.807) is 7.11 Å². The first kappa shape index (κ1) is 11.1. The van der Waals surface area contributed by atoms with Crippen LogP contribution >= 0.6 is 11.6 Å². The molecule has 0 aliphatic heterocycles. The van der Waals surface area contributed by atoms with Crippen LogP contribution in [0.2, 0.25) is 5.02 Å². The van der Waals surface area contributed by atoms with E-state index in [9.17, 15) is 0 Å². The standard InChI is InChI=1S/C12H13ClO/c1-4-9(2)12(14-3)10-5-7-11(13)8-6-10/h5-8,12H,1H2,2-3H3. The number of methoxy groups -OCH3 is 1. The van der Waals surface area contributed by atoms with Gasteiger partial charge < -0.3 is 4.74 Å². The highest BCUT2D eigenvalue weighted by Crippen LogP contribution is 2.24. The molecule has 0 saturated heterocycles. The van der Waals surface area contributed by atoms with Gasteiger partial charge in [-0.1, -0.05) is 30.3 Å². The highest BCUT2D eigenvalue weighted by molar-refractivity contribution is 6.30. The predicted molar refractivity (Wildman–Crippen MR) is 59.5 cm³/mol. The molecule has 1 aromatic carbocycles. The van der Waals surface area contributed by atoms with Crippen molar-refractivity contribution in [2.75, 3.05) is 7.11 Å². The zero-order valence-corrected chi connectivity index (χ0v) is 9.14. The monoisotopic (exact) mass is 208 g/mol. The second kappa shape index (κ2) is 5.02. The van der Waals surface area contributed by atoms with Crippen molar-refractivity contribution in [2.24, 2.45) is 0 Å². The van der Waals surface area contributed by atoms with Crippen LogP contribution in [0.4, 0.5) is 0 Å². The van der Waals surface area contributed by atoms with Gasteiger partial charge in [-0.15, -0.1) is 5.73 Å². The van der Waals surface area contributed by atoms with E-state index in [1.807, 2.05) is 31.2 Å². The summed E-state index contributed by atoms with van der Waals surface area (Å²) in [5, 5.41) is 0.726. The average molecular weight is 209 g/mol. The third-order valence-electron chi connectivity index (χ3n) is 2.08. The van der Waals surface area contributed by atoms with Gasteiger partial charge in [0, 0.05) is 17.7 Å². The lowest BCUT2D eigenvalue weighted by molar-refractivity contribution is 0.133. The third kappa shape index (κ3) is 2.49. The Morgan fingerprint density at radius 1 is 1.43 bits per heavy atom. The molecule has 0 fully saturated rings. The topological polar surface area (TPSA) is 9.23 Å². The van der Waals surface area contributed by atoms with E-state index in [2.05, 4.69) is 12.3 Å². The molecule has 2 heteroatoms. The molecule has 14 heavy (non-hydrogen) atoms. The minimum Gasteiger partial charge on any atom is -0.372 e. The molecule has 0 bridgehead atoms. The van der Waals surface area contributed by atoms with Crippen molar-refractivity contribution in [1.29, 1.82) is 0 Å². The SMILES string of the molecule is C=C=C(C)C(OC)c1ccc(Cl)cc1. The van der Waals surface area contributed by atoms with Gasteiger partial charge in [0.2, 0.25) is 0 Å². The second-order valence-electron chi connectivity index (χ2n) is 3.03. The Balaban J connectivity index is 3.01. The summed E-state index contributed by atoms with van der Waals surface area (Å²) in [7, 11) is 1.67. The Morgan fingerprint density at radius 3 is 2.43 bits per heavy atom. The molecule has 0 aliphatic rings. The largest absolute Gasteiger partial charge is 0.372 e. The molecular formula is C12H13ClO. The highest BCUT2D eigenvalue weighted by atomic mass is 35.5. The fourth-order valence-corrected chi connectivity index (χ4v) is 1.42. The maximum Gasteiger partial charge on any atom is 0.110 e. The number of hydrogen-bond donors (Lipinski definition) is 0. The van der Waals surface area contributed by atoms with E-state index >= 15 is 0 Å². The fourth-order valence-electron chi connectivity index (χ4n) is 1.29. The molecule has 0 saturated carbocycles. The average Bonchev–Trinajstić information content (AvgIpc) is 2.21. The van der Waals surface area contributed by atoms with Crippen molar-refractivity contribution in [3.63, 3.8) is 0 Å². The lowest BCUT2D eigenvalue weighted by Crippen LogP contribution is -2.01. The summed E-state index contributed by atoms with van der Waals surface area (Å²) in [6, 6.07) is 7.58. The summed E-state index contributed by atoms with van der Waals surface area (Å²) in [6.45, 7) is 5.54. The summed E-state index contributed by atoms with van der Waals surface area (Å²) >= 11 is 5.80. The zero-order chi connectivity index (χ0) is 10.6. The number of ether oxygens (including phenoxy) is 1. The van der Waals surface area contributed by atoms with E-state index in [0.29, 0.717) is 0 Å². The zero-order valence-electron chi connectivity index (χ0n) is 8.38. The van der Waals surface area contributed by atoms with Gasteiger partial charge >= 0.3 is 0 Å². The summed E-state index contributed by atoms with van der Waals surface area (Å²) in [4.78, 5) is 0. The minimum atomic E-state index is -0.0789. The number of benzene rings is 1. The molecule has 0 spiro atoms. The van der Waals surface area contributed by atoms with Crippen LogP contribution in [0, 0.1) is 0 Å². The molecule has 1 aromatic rings. The van der Waals surface area contributed by atoms with E-state index < -0.39 is 0 Å². The molecule has 1 nitrogen and oxygen atoms in total. The molecule has 1 rings (SSSR count). The van der Waals surface area contributed by atoms with Crippen LogP contribution in [0.5, 0.6) is 0 Å². The molecule has 1 atom stereocenters. The Labute approximate surface area is 89.7 Å². The molecule has 1 unspecified atom stereocenters. The van der Waals surface area contributed by atoms with Gasteiger partial charge in [-0.25, -0.2) is 0 Å². The van der Waals surface area contributed by atoms with Crippen LogP contribution in [-0.4, -0.2) is 7.11 Å². The molecule has 0 aliphatic carbocycles. The molecule has 0 amide bonds. The van der Waals surface area contributed by atoms with Crippen molar-refractivity contribution >= 4 is 11.6 Å². The van der Waals surface area contributed by atoms with E-state index in [4.69, 9.17) is 16.3 Å². The molecule has 0 radical (unpaired) electrons. The lowest BCUT2D eigenvalue weighted by Gasteiger charge is -2.14. The van der Waals surface area contributed by atoms with Gasteiger partial charge in [-0.05, 0) is 24.6 Å². The van der Waals surface area contributed by atoms with Crippen LogP contribution in [0.1, 0.15) is 18.6 Å². The quantitative estimate of drug-likeness (QED) is 0.688. The Hall–Kier alpha value is -1.01. The van der Waals surface area contributed by atoms with Gasteiger partial charge in [-0.3, -0.25) is 0 Å². The van der Waals surface area contributed by atoms with Gasteiger partial charge in [0.1, 0.15) is 6.10 Å². The number of halogens is 1. The summed E-state index contributed by atoms with van der Waals surface area (Å²) in [5.74, 6) is 0. The molecule has 74 valence electrons. The van der Waals surface area contributed by atoms with Gasteiger partial charge in [0.05, 0.1) is 0 Å². The first-order valence-electron chi connectivity index (χ1n) is 4.34. The van der Waals surface area contributed by atoms with Gasteiger partial charge in [-0.2, -0.15) is 0 Å². The van der Waals surface area contributed by atoms with Crippen molar-refractivity contribution in [3.05, 3.63) is 52.7 Å². The Bertz CT molecular complexity index is 347. The molecular weight excluding hydrogens is 196 g/mol. The number of rotatable bonds is 3. The molecule has 0 aromatic heterocycles. The second-order valence-corrected chi connectivity index (χ2v) is 3.46. The van der Waals surface area contributed by atoms with E-state index in [-0.39, 0.29) is 6.10 Å². The minimum absolute atomic E-state index is 0.0789. The third-order valence-corrected chi connectivity index (χ3v) is 2.33. The maximum absolute atomic E-state index is 5.80. The van der Waals surface area contributed by atoms with Crippen molar-refractivity contribution in [1.82, 2.24) is 0 Å². The smallest absolute Gasteiger partial charge is 0.110 e. The van der Waals surface area contributed by atoms with E-state index in [0.717, 1.165) is 16.2 Å². The molecule has 0 N–H and O–H groups in total. The van der Waals surface area contributed by atoms with E-state index in [1.165, 1.54) is 0 Å². The number of hydrogen-bond acceptors (Lipinski definition) is 1. The van der Waals surface area contributed by atoms with Crippen LogP contribution in [-0.2, 0) is 4.74 Å². The van der Waals surface area contributed by atoms with Crippen LogP contribution in [0.25, 0.3) is 0 Å². The van der Waals surface area contributed by atoms with Gasteiger partial charge in [0.25, 0.3) is 0 Å². The van der Waals surface area contributed by atoms with Gasteiger partial charge in [0.15, 0.2) is 0 Å². The van der Waals surface area contributed by atoms with Crippen LogP contribution < -0.4 is 0 Å². The maximum atomic E-state index is 5.80. The van der Waals surface area contributed by atoms with Crippen molar-refractivity contribution in [2.45, 2.75) is 13.0 Å². The van der Waals surface area contributed by atoms with Crippen molar-refractivity contribution < 1.29 is 4.74 Å². The first-order valence-corrected chi connectivity index (χ1v) is 4.71. The first-order chi connectivity index (χ1) is 6.69. The summed E-state index contributed by atoms with van der Waals surface area (Å²) in [5.41, 5.74) is 4.87. The Kier molecular flexibility index (Phi) is 3.97. The lowest BCUT2D eigenvalue weighted by atomic mass is 10.0.